The van der Waals surface area contributed by atoms with Gasteiger partial charge in [0, 0.05) is 0 Å². The maximum Gasteiger partial charge on any atom is 0.169 e. The summed E-state index contributed by atoms with van der Waals surface area (Å²) in [6, 6.07) is 1.85. The zero-order valence-corrected chi connectivity index (χ0v) is 10.7. The Morgan fingerprint density at radius 3 is 2.73 bits per heavy atom. The summed E-state index contributed by atoms with van der Waals surface area (Å²) in [7, 11) is 3.32. The zero-order valence-electron chi connectivity index (χ0n) is 9.16. The summed E-state index contributed by atoms with van der Waals surface area (Å²) in [6.45, 7) is 2.68. The molecule has 0 bridgehead atoms. The number of benzene rings is 1. The minimum atomic E-state index is -0.273. The molecule has 1 aromatic carbocycles. The Balaban J connectivity index is 3.12. The van der Waals surface area contributed by atoms with Crippen LogP contribution in [0.15, 0.2) is 10.5 Å². The van der Waals surface area contributed by atoms with E-state index in [1.807, 2.05) is 20.0 Å². The lowest BCUT2D eigenvalue weighted by Crippen LogP contribution is -2.12. The highest BCUT2D eigenvalue weighted by atomic mass is 79.9. The van der Waals surface area contributed by atoms with E-state index >= 15 is 0 Å². The monoisotopic (exact) mass is 275 g/mol. The van der Waals surface area contributed by atoms with Crippen LogP contribution < -0.4 is 10.1 Å². The van der Waals surface area contributed by atoms with Crippen molar-refractivity contribution in [1.82, 2.24) is 5.32 Å². The summed E-state index contributed by atoms with van der Waals surface area (Å²) < 4.78 is 19.6. The first-order chi connectivity index (χ1) is 7.11. The van der Waals surface area contributed by atoms with Gasteiger partial charge in [-0.3, -0.25) is 0 Å². The molecule has 0 unspecified atom stereocenters. The molecule has 2 nitrogen and oxygen atoms in total. The molecule has 0 saturated carbocycles. The lowest BCUT2D eigenvalue weighted by molar-refractivity contribution is 0.381. The molecular weight excluding hydrogens is 261 g/mol. The molecule has 1 N–H and O–H groups in total. The normalized spacial score (nSPS) is 10.5. The smallest absolute Gasteiger partial charge is 0.169 e. The lowest BCUT2D eigenvalue weighted by atomic mass is 10.1. The van der Waals surface area contributed by atoms with Gasteiger partial charge in [0.05, 0.1) is 11.6 Å². The molecule has 15 heavy (non-hydrogen) atoms. The fourth-order valence-corrected chi connectivity index (χ4v) is 1.88. The molecule has 0 fully saturated rings. The molecule has 0 saturated heterocycles. The minimum Gasteiger partial charge on any atom is -0.492 e. The number of aryl methyl sites for hydroxylation is 1. The molecule has 4 heteroatoms. The Kier molecular flexibility index (Phi) is 4.54. The van der Waals surface area contributed by atoms with E-state index < -0.39 is 0 Å². The van der Waals surface area contributed by atoms with E-state index in [1.165, 1.54) is 7.11 Å². The topological polar surface area (TPSA) is 21.3 Å². The minimum absolute atomic E-state index is 0.273. The van der Waals surface area contributed by atoms with Crippen molar-refractivity contribution in [3.8, 4) is 5.75 Å². The number of likely N-dealkylation sites (N-methyl/N-ethyl adjacent to an activating group) is 1. The SMILES string of the molecule is CNCCc1cc(C)c(Br)c(OC)c1F. The Bertz CT molecular complexity index is 355. The van der Waals surface area contributed by atoms with Crippen molar-refractivity contribution in [2.45, 2.75) is 13.3 Å². The standard InChI is InChI=1S/C11H15BrFNO/c1-7-6-8(4-5-14-2)10(13)11(15-3)9(7)12/h6,14H,4-5H2,1-3H3. The first kappa shape index (κ1) is 12.5. The molecule has 1 aromatic rings. The number of hydrogen-bond acceptors (Lipinski definition) is 2. The van der Waals surface area contributed by atoms with Crippen molar-refractivity contribution in [2.24, 2.45) is 0 Å². The Hall–Kier alpha value is -0.610. The number of halogens is 2. The fourth-order valence-electron chi connectivity index (χ4n) is 1.43. The molecule has 0 aliphatic carbocycles. The predicted octanol–water partition coefficient (Wildman–Crippen LogP) is 2.67. The van der Waals surface area contributed by atoms with Gasteiger partial charge in [0.1, 0.15) is 0 Å². The average molecular weight is 276 g/mol. The zero-order chi connectivity index (χ0) is 11.4. The van der Waals surface area contributed by atoms with Gasteiger partial charge in [0.15, 0.2) is 11.6 Å². The van der Waals surface area contributed by atoms with E-state index in [0.717, 1.165) is 12.1 Å². The third kappa shape index (κ3) is 2.69. The summed E-state index contributed by atoms with van der Waals surface area (Å²) >= 11 is 3.31. The highest BCUT2D eigenvalue weighted by Gasteiger charge is 2.14. The Labute approximate surface area is 98.0 Å². The van der Waals surface area contributed by atoms with Crippen LogP contribution in [0.1, 0.15) is 11.1 Å². The second kappa shape index (κ2) is 5.47. The van der Waals surface area contributed by atoms with Crippen molar-refractivity contribution in [3.05, 3.63) is 27.5 Å². The molecule has 0 radical (unpaired) electrons. The second-order valence-electron chi connectivity index (χ2n) is 3.37. The van der Waals surface area contributed by atoms with Crippen LogP contribution in [0.4, 0.5) is 4.39 Å². The van der Waals surface area contributed by atoms with Crippen molar-refractivity contribution in [3.63, 3.8) is 0 Å². The highest BCUT2D eigenvalue weighted by Crippen LogP contribution is 2.33. The van der Waals surface area contributed by atoms with Crippen molar-refractivity contribution in [1.29, 1.82) is 0 Å². The Morgan fingerprint density at radius 2 is 2.20 bits per heavy atom. The summed E-state index contributed by atoms with van der Waals surface area (Å²) in [4.78, 5) is 0. The summed E-state index contributed by atoms with van der Waals surface area (Å²) in [5.41, 5.74) is 1.67. The third-order valence-electron chi connectivity index (χ3n) is 2.27. The van der Waals surface area contributed by atoms with Gasteiger partial charge in [0.25, 0.3) is 0 Å². The summed E-state index contributed by atoms with van der Waals surface area (Å²) in [5, 5.41) is 3.00. The Morgan fingerprint density at radius 1 is 1.53 bits per heavy atom. The van der Waals surface area contributed by atoms with E-state index in [9.17, 15) is 4.39 Å². The van der Waals surface area contributed by atoms with Gasteiger partial charge in [-0.05, 0) is 54.0 Å². The van der Waals surface area contributed by atoms with Crippen LogP contribution in [0, 0.1) is 12.7 Å². The van der Waals surface area contributed by atoms with Crippen LogP contribution in [0.5, 0.6) is 5.75 Å². The van der Waals surface area contributed by atoms with Crippen LogP contribution in [-0.2, 0) is 6.42 Å². The molecule has 0 heterocycles. The molecular formula is C11H15BrFNO. The summed E-state index contributed by atoms with van der Waals surface area (Å²) in [6.07, 6.45) is 0.660. The van der Waals surface area contributed by atoms with Crippen LogP contribution in [0.25, 0.3) is 0 Å². The quantitative estimate of drug-likeness (QED) is 0.912. The van der Waals surface area contributed by atoms with Gasteiger partial charge in [0.2, 0.25) is 0 Å². The van der Waals surface area contributed by atoms with E-state index in [4.69, 9.17) is 4.74 Å². The first-order valence-corrected chi connectivity index (χ1v) is 5.57. The van der Waals surface area contributed by atoms with E-state index in [2.05, 4.69) is 21.2 Å². The fraction of sp³-hybridized carbons (Fsp3) is 0.455. The van der Waals surface area contributed by atoms with Crippen LogP contribution in [-0.4, -0.2) is 20.7 Å². The summed E-state index contributed by atoms with van der Waals surface area (Å²) in [5.74, 6) is 0.0197. The molecule has 0 aliphatic rings. The van der Waals surface area contributed by atoms with Crippen molar-refractivity contribution >= 4 is 15.9 Å². The first-order valence-electron chi connectivity index (χ1n) is 4.77. The second-order valence-corrected chi connectivity index (χ2v) is 4.16. The van der Waals surface area contributed by atoms with Crippen LogP contribution >= 0.6 is 15.9 Å². The third-order valence-corrected chi connectivity index (χ3v) is 3.25. The van der Waals surface area contributed by atoms with Gasteiger partial charge < -0.3 is 10.1 Å². The maximum absolute atomic E-state index is 13.9. The number of methoxy groups -OCH3 is 1. The molecule has 0 aromatic heterocycles. The highest BCUT2D eigenvalue weighted by molar-refractivity contribution is 9.10. The van der Waals surface area contributed by atoms with Crippen LogP contribution in [0.2, 0.25) is 0 Å². The van der Waals surface area contributed by atoms with E-state index in [-0.39, 0.29) is 5.82 Å². The van der Waals surface area contributed by atoms with E-state index in [0.29, 0.717) is 22.2 Å². The molecule has 0 aliphatic heterocycles. The van der Waals surface area contributed by atoms with Crippen molar-refractivity contribution < 1.29 is 9.13 Å². The largest absolute Gasteiger partial charge is 0.492 e. The number of rotatable bonds is 4. The van der Waals surface area contributed by atoms with Gasteiger partial charge in [-0.1, -0.05) is 6.07 Å². The molecule has 84 valence electrons. The number of hydrogen-bond donors (Lipinski definition) is 1. The van der Waals surface area contributed by atoms with Gasteiger partial charge in [-0.25, -0.2) is 4.39 Å². The molecule has 1 rings (SSSR count). The van der Waals surface area contributed by atoms with Crippen LogP contribution in [0.3, 0.4) is 0 Å². The van der Waals surface area contributed by atoms with Gasteiger partial charge in [-0.2, -0.15) is 0 Å². The molecule has 0 atom stereocenters. The van der Waals surface area contributed by atoms with Crippen molar-refractivity contribution in [2.75, 3.05) is 20.7 Å². The number of nitrogens with one attached hydrogen (secondary N) is 1. The lowest BCUT2D eigenvalue weighted by Gasteiger charge is -2.12. The van der Waals surface area contributed by atoms with E-state index in [1.54, 1.807) is 0 Å². The predicted molar refractivity (Wildman–Crippen MR) is 63.0 cm³/mol. The van der Waals surface area contributed by atoms with Gasteiger partial charge in [-0.15, -0.1) is 0 Å². The molecule has 0 amide bonds. The number of ether oxygens (including phenoxy) is 1. The maximum atomic E-state index is 13.9. The molecule has 0 spiro atoms. The average Bonchev–Trinajstić information content (AvgIpc) is 2.22. The van der Waals surface area contributed by atoms with Gasteiger partial charge >= 0.3 is 0 Å².